The summed E-state index contributed by atoms with van der Waals surface area (Å²) in [5.74, 6) is 0.767. The zero-order valence-corrected chi connectivity index (χ0v) is 16.5. The molecule has 0 radical (unpaired) electrons. The molecule has 3 rings (SSSR count). The fraction of sp³-hybridized carbons (Fsp3) is 0.667. The average molecular weight is 376 g/mol. The summed E-state index contributed by atoms with van der Waals surface area (Å²) in [6.45, 7) is 6.48. The van der Waals surface area contributed by atoms with Gasteiger partial charge in [-0.2, -0.15) is 0 Å². The second-order valence-corrected chi connectivity index (χ2v) is 7.81. The quantitative estimate of drug-likeness (QED) is 0.526. The van der Waals surface area contributed by atoms with Crippen LogP contribution in [0.3, 0.4) is 0 Å². The summed E-state index contributed by atoms with van der Waals surface area (Å²) in [7, 11) is 3.12. The van der Waals surface area contributed by atoms with Crippen LogP contribution in [0.1, 0.15) is 30.7 Å². The summed E-state index contributed by atoms with van der Waals surface area (Å²) in [5.41, 5.74) is 1.62. The molecule has 2 aliphatic rings. The van der Waals surface area contributed by atoms with Crippen LogP contribution in [0, 0.1) is 5.41 Å². The summed E-state index contributed by atoms with van der Waals surface area (Å²) in [6, 6.07) is 8.06. The van der Waals surface area contributed by atoms with Crippen molar-refractivity contribution >= 4 is 5.97 Å². The molecule has 1 aromatic carbocycles. The molecule has 0 unspecified atom stereocenters. The molecule has 1 aromatic rings. The topological polar surface area (TPSA) is 60.0 Å². The maximum atomic E-state index is 12.0. The van der Waals surface area contributed by atoms with Crippen molar-refractivity contribution in [2.45, 2.75) is 25.2 Å². The SMILES string of the molecule is COCCOc1cccc([C@H](CC(=O)OC)CN2CC3(CCNCC3)C2)c1. The molecule has 2 saturated heterocycles. The molecule has 0 saturated carbocycles. The molecule has 0 aliphatic carbocycles. The Hall–Kier alpha value is -1.63. The first-order valence-corrected chi connectivity index (χ1v) is 9.86. The zero-order valence-electron chi connectivity index (χ0n) is 16.5. The monoisotopic (exact) mass is 376 g/mol. The third kappa shape index (κ3) is 5.43. The Kier molecular flexibility index (Phi) is 7.10. The molecular weight excluding hydrogens is 344 g/mol. The molecule has 0 amide bonds. The molecule has 1 spiro atoms. The molecule has 2 heterocycles. The molecule has 6 heteroatoms. The summed E-state index contributed by atoms with van der Waals surface area (Å²) >= 11 is 0. The largest absolute Gasteiger partial charge is 0.491 e. The van der Waals surface area contributed by atoms with Crippen molar-refractivity contribution in [3.8, 4) is 5.75 Å². The normalized spacial score (nSPS) is 20.1. The predicted molar refractivity (Wildman–Crippen MR) is 104 cm³/mol. The van der Waals surface area contributed by atoms with Crippen LogP contribution in [0.15, 0.2) is 24.3 Å². The Labute approximate surface area is 162 Å². The minimum absolute atomic E-state index is 0.113. The second-order valence-electron chi connectivity index (χ2n) is 7.81. The predicted octanol–water partition coefficient (Wildman–Crippen LogP) is 2.04. The van der Waals surface area contributed by atoms with Crippen molar-refractivity contribution in [2.75, 3.05) is 60.2 Å². The Morgan fingerprint density at radius 2 is 2.00 bits per heavy atom. The molecule has 2 fully saturated rings. The fourth-order valence-corrected chi connectivity index (χ4v) is 4.29. The van der Waals surface area contributed by atoms with E-state index >= 15 is 0 Å². The van der Waals surface area contributed by atoms with Gasteiger partial charge in [0.1, 0.15) is 12.4 Å². The van der Waals surface area contributed by atoms with E-state index in [-0.39, 0.29) is 11.9 Å². The maximum absolute atomic E-state index is 12.0. The molecule has 0 aromatic heterocycles. The van der Waals surface area contributed by atoms with Gasteiger partial charge in [-0.25, -0.2) is 0 Å². The number of hydrogen-bond acceptors (Lipinski definition) is 6. The number of piperidine rings is 1. The molecule has 1 N–H and O–H groups in total. The first-order chi connectivity index (χ1) is 13.1. The van der Waals surface area contributed by atoms with Crippen LogP contribution in [-0.4, -0.2) is 71.0 Å². The molecule has 27 heavy (non-hydrogen) atoms. The zero-order chi connectivity index (χ0) is 19.1. The van der Waals surface area contributed by atoms with Crippen molar-refractivity contribution in [1.29, 1.82) is 0 Å². The summed E-state index contributed by atoms with van der Waals surface area (Å²) < 4.78 is 15.7. The van der Waals surface area contributed by atoms with Gasteiger partial charge in [0.15, 0.2) is 0 Å². The number of methoxy groups -OCH3 is 2. The van der Waals surface area contributed by atoms with Gasteiger partial charge in [0.05, 0.1) is 20.1 Å². The van der Waals surface area contributed by atoms with Crippen molar-refractivity contribution in [2.24, 2.45) is 5.41 Å². The van der Waals surface area contributed by atoms with E-state index in [2.05, 4.69) is 16.3 Å². The van der Waals surface area contributed by atoms with Crippen LogP contribution in [0.5, 0.6) is 5.75 Å². The highest BCUT2D eigenvalue weighted by Crippen LogP contribution is 2.40. The van der Waals surface area contributed by atoms with Gasteiger partial charge < -0.3 is 24.4 Å². The molecule has 6 nitrogen and oxygen atoms in total. The lowest BCUT2D eigenvalue weighted by Crippen LogP contribution is -2.60. The number of rotatable bonds is 9. The Morgan fingerprint density at radius 1 is 1.22 bits per heavy atom. The molecule has 2 aliphatic heterocycles. The van der Waals surface area contributed by atoms with Crippen LogP contribution >= 0.6 is 0 Å². The summed E-state index contributed by atoms with van der Waals surface area (Å²) in [4.78, 5) is 14.5. The number of carbonyl (C=O) groups is 1. The van der Waals surface area contributed by atoms with Gasteiger partial charge in [0.25, 0.3) is 0 Å². The smallest absolute Gasteiger partial charge is 0.306 e. The van der Waals surface area contributed by atoms with Crippen LogP contribution < -0.4 is 10.1 Å². The number of likely N-dealkylation sites (tertiary alicyclic amines) is 1. The highest BCUT2D eigenvalue weighted by Gasteiger charge is 2.43. The van der Waals surface area contributed by atoms with E-state index < -0.39 is 0 Å². The van der Waals surface area contributed by atoms with Crippen molar-refractivity contribution in [1.82, 2.24) is 10.2 Å². The number of carbonyl (C=O) groups excluding carboxylic acids is 1. The van der Waals surface area contributed by atoms with Crippen LogP contribution in [0.2, 0.25) is 0 Å². The van der Waals surface area contributed by atoms with Crippen LogP contribution in [0.25, 0.3) is 0 Å². The van der Waals surface area contributed by atoms with Gasteiger partial charge in [-0.05, 0) is 49.0 Å². The number of nitrogens with one attached hydrogen (secondary N) is 1. The van der Waals surface area contributed by atoms with Gasteiger partial charge in [0, 0.05) is 32.7 Å². The van der Waals surface area contributed by atoms with Crippen molar-refractivity contribution in [3.05, 3.63) is 29.8 Å². The van der Waals surface area contributed by atoms with Gasteiger partial charge >= 0.3 is 5.97 Å². The number of ether oxygens (including phenoxy) is 3. The van der Waals surface area contributed by atoms with Crippen molar-refractivity contribution in [3.63, 3.8) is 0 Å². The van der Waals surface area contributed by atoms with Gasteiger partial charge in [-0.1, -0.05) is 12.1 Å². The van der Waals surface area contributed by atoms with E-state index in [4.69, 9.17) is 14.2 Å². The van der Waals surface area contributed by atoms with Crippen molar-refractivity contribution < 1.29 is 19.0 Å². The van der Waals surface area contributed by atoms with E-state index in [9.17, 15) is 4.79 Å². The molecule has 150 valence electrons. The highest BCUT2D eigenvalue weighted by atomic mass is 16.5. The number of hydrogen-bond donors (Lipinski definition) is 1. The first kappa shape index (κ1) is 20.1. The maximum Gasteiger partial charge on any atom is 0.306 e. The fourth-order valence-electron chi connectivity index (χ4n) is 4.29. The Balaban J connectivity index is 1.63. The summed E-state index contributed by atoms with van der Waals surface area (Å²) in [6.07, 6.45) is 2.91. The molecular formula is C21H32N2O4. The van der Waals surface area contributed by atoms with Gasteiger partial charge in [0.2, 0.25) is 0 Å². The third-order valence-electron chi connectivity index (χ3n) is 5.79. The van der Waals surface area contributed by atoms with E-state index in [0.717, 1.165) is 44.0 Å². The van der Waals surface area contributed by atoms with E-state index in [1.807, 2.05) is 18.2 Å². The lowest BCUT2D eigenvalue weighted by Gasteiger charge is -2.53. The average Bonchev–Trinajstić information content (AvgIpc) is 2.67. The number of esters is 1. The lowest BCUT2D eigenvalue weighted by atomic mass is 9.72. The lowest BCUT2D eigenvalue weighted by molar-refractivity contribution is -0.141. The van der Waals surface area contributed by atoms with E-state index in [0.29, 0.717) is 25.0 Å². The number of nitrogens with zero attached hydrogens (tertiary/aromatic N) is 1. The Morgan fingerprint density at radius 3 is 2.70 bits per heavy atom. The van der Waals surface area contributed by atoms with E-state index in [1.165, 1.54) is 20.0 Å². The minimum atomic E-state index is -0.164. The second kappa shape index (κ2) is 9.53. The van der Waals surface area contributed by atoms with Gasteiger partial charge in [-0.15, -0.1) is 0 Å². The highest BCUT2D eigenvalue weighted by molar-refractivity contribution is 5.70. The van der Waals surface area contributed by atoms with Crippen LogP contribution in [-0.2, 0) is 14.3 Å². The molecule has 0 bridgehead atoms. The summed E-state index contributed by atoms with van der Waals surface area (Å²) in [5, 5.41) is 3.45. The van der Waals surface area contributed by atoms with Crippen LogP contribution in [0.4, 0.5) is 0 Å². The first-order valence-electron chi connectivity index (χ1n) is 9.86. The number of benzene rings is 1. The van der Waals surface area contributed by atoms with Gasteiger partial charge in [-0.3, -0.25) is 4.79 Å². The standard InChI is InChI=1S/C21H32N2O4/c1-25-10-11-27-19-5-3-4-17(12-19)18(13-20(24)26-2)14-23-15-21(16-23)6-8-22-9-7-21/h3-5,12,18,22H,6-11,13-16H2,1-2H3/t18-/m1/s1. The third-order valence-corrected chi connectivity index (χ3v) is 5.79. The van der Waals surface area contributed by atoms with E-state index in [1.54, 1.807) is 7.11 Å². The Bertz CT molecular complexity index is 608. The molecule has 1 atom stereocenters. The minimum Gasteiger partial charge on any atom is -0.491 e.